The van der Waals surface area contributed by atoms with Crippen LogP contribution in [0, 0.1) is 12.8 Å². The third-order valence-corrected chi connectivity index (χ3v) is 4.81. The second kappa shape index (κ2) is 5.68. The molecule has 0 aliphatic carbocycles. The Kier molecular flexibility index (Phi) is 3.92. The molecule has 2 aliphatic heterocycles. The molecule has 1 aromatic heterocycles. The van der Waals surface area contributed by atoms with Gasteiger partial charge in [-0.3, -0.25) is 0 Å². The minimum Gasteiger partial charge on any atom is -0.353 e. The summed E-state index contributed by atoms with van der Waals surface area (Å²) in [7, 11) is 2.25. The van der Waals surface area contributed by atoms with Gasteiger partial charge in [-0.15, -0.1) is 0 Å². The summed E-state index contributed by atoms with van der Waals surface area (Å²) >= 11 is 0. The quantitative estimate of drug-likeness (QED) is 0.828. The molecule has 0 amide bonds. The fraction of sp³-hybridized carbons (Fsp3) is 0.750. The monoisotopic (exact) mass is 274 g/mol. The molecular formula is C16H26N4. The maximum Gasteiger partial charge on any atom is 0.132 e. The fourth-order valence-electron chi connectivity index (χ4n) is 3.81. The molecule has 20 heavy (non-hydrogen) atoms. The first-order chi connectivity index (χ1) is 9.67. The van der Waals surface area contributed by atoms with E-state index < -0.39 is 0 Å². The smallest absolute Gasteiger partial charge is 0.132 e. The Morgan fingerprint density at radius 1 is 1.25 bits per heavy atom. The minimum atomic E-state index is 0.680. The third-order valence-electron chi connectivity index (χ3n) is 4.81. The van der Waals surface area contributed by atoms with E-state index in [4.69, 9.17) is 4.98 Å². The van der Waals surface area contributed by atoms with Crippen molar-refractivity contribution in [3.05, 3.63) is 17.6 Å². The molecule has 0 aromatic carbocycles. The average Bonchev–Trinajstić information content (AvgIpc) is 2.45. The van der Waals surface area contributed by atoms with Gasteiger partial charge < -0.3 is 9.80 Å². The van der Waals surface area contributed by atoms with Gasteiger partial charge in [0.25, 0.3) is 0 Å². The summed E-state index contributed by atoms with van der Waals surface area (Å²) in [4.78, 5) is 14.3. The lowest BCUT2D eigenvalue weighted by molar-refractivity contribution is 0.154. The first-order valence-corrected chi connectivity index (χ1v) is 7.97. The van der Waals surface area contributed by atoms with Crippen LogP contribution in [0.5, 0.6) is 0 Å². The van der Waals surface area contributed by atoms with Crippen molar-refractivity contribution in [3.8, 4) is 0 Å². The lowest BCUT2D eigenvalue weighted by atomic mass is 9.84. The van der Waals surface area contributed by atoms with Crippen molar-refractivity contribution in [2.45, 2.75) is 45.6 Å². The van der Waals surface area contributed by atoms with E-state index in [2.05, 4.69) is 34.8 Å². The number of likely N-dealkylation sites (tertiary alicyclic amines) is 1. The van der Waals surface area contributed by atoms with Crippen LogP contribution in [-0.2, 0) is 6.42 Å². The van der Waals surface area contributed by atoms with Gasteiger partial charge in [-0.25, -0.2) is 9.97 Å². The van der Waals surface area contributed by atoms with Crippen LogP contribution < -0.4 is 4.90 Å². The van der Waals surface area contributed by atoms with Crippen molar-refractivity contribution in [3.63, 3.8) is 0 Å². The van der Waals surface area contributed by atoms with Gasteiger partial charge >= 0.3 is 0 Å². The number of hydrogen-bond donors (Lipinski definition) is 0. The van der Waals surface area contributed by atoms with Crippen LogP contribution in [0.3, 0.4) is 0 Å². The molecule has 0 radical (unpaired) electrons. The van der Waals surface area contributed by atoms with Gasteiger partial charge in [0.15, 0.2) is 0 Å². The summed E-state index contributed by atoms with van der Waals surface area (Å²) in [6.07, 6.45) is 4.92. The molecule has 4 nitrogen and oxygen atoms in total. The van der Waals surface area contributed by atoms with Gasteiger partial charge in [0.05, 0.1) is 0 Å². The molecular weight excluding hydrogens is 248 g/mol. The molecule has 2 saturated heterocycles. The first kappa shape index (κ1) is 13.8. The van der Waals surface area contributed by atoms with Crippen molar-refractivity contribution in [1.82, 2.24) is 14.9 Å². The van der Waals surface area contributed by atoms with E-state index >= 15 is 0 Å². The van der Waals surface area contributed by atoms with Crippen LogP contribution in [0.4, 0.5) is 5.82 Å². The zero-order valence-electron chi connectivity index (χ0n) is 13.0. The van der Waals surface area contributed by atoms with Crippen molar-refractivity contribution < 1.29 is 0 Å². The van der Waals surface area contributed by atoms with Gasteiger partial charge in [-0.05, 0) is 52.1 Å². The second-order valence-electron chi connectivity index (χ2n) is 6.33. The summed E-state index contributed by atoms with van der Waals surface area (Å²) in [6, 6.07) is 2.88. The number of anilines is 1. The minimum absolute atomic E-state index is 0.680. The topological polar surface area (TPSA) is 32.3 Å². The Balaban J connectivity index is 1.87. The largest absolute Gasteiger partial charge is 0.353 e. The summed E-state index contributed by atoms with van der Waals surface area (Å²) in [5.74, 6) is 2.88. The number of nitrogens with zero attached hydrogens (tertiary/aromatic N) is 4. The fourth-order valence-corrected chi connectivity index (χ4v) is 3.81. The highest BCUT2D eigenvalue weighted by Gasteiger charge is 2.35. The van der Waals surface area contributed by atoms with Crippen LogP contribution >= 0.6 is 0 Å². The van der Waals surface area contributed by atoms with Crippen molar-refractivity contribution in [2.24, 2.45) is 5.92 Å². The highest BCUT2D eigenvalue weighted by molar-refractivity contribution is 5.42. The highest BCUT2D eigenvalue weighted by Crippen LogP contribution is 2.33. The van der Waals surface area contributed by atoms with Crippen molar-refractivity contribution in [2.75, 3.05) is 31.6 Å². The number of aryl methyl sites for hydroxylation is 2. The Hall–Kier alpha value is -1.16. The highest BCUT2D eigenvalue weighted by atomic mass is 15.3. The van der Waals surface area contributed by atoms with E-state index in [9.17, 15) is 0 Å². The van der Waals surface area contributed by atoms with E-state index in [1.54, 1.807) is 0 Å². The summed E-state index contributed by atoms with van der Waals surface area (Å²) in [6.45, 7) is 7.79. The second-order valence-corrected chi connectivity index (χ2v) is 6.33. The molecule has 2 atom stereocenters. The molecule has 2 fully saturated rings. The zero-order valence-corrected chi connectivity index (χ0v) is 13.0. The zero-order chi connectivity index (χ0) is 14.1. The van der Waals surface area contributed by atoms with Gasteiger partial charge in [0.2, 0.25) is 0 Å². The van der Waals surface area contributed by atoms with Crippen LogP contribution in [0.2, 0.25) is 0 Å². The van der Waals surface area contributed by atoms with Crippen LogP contribution in [0.1, 0.15) is 37.7 Å². The first-order valence-electron chi connectivity index (χ1n) is 7.97. The SMILES string of the molecule is CCc1cc(N2CCCC3CN(C)CCC32)nc(C)n1. The van der Waals surface area contributed by atoms with E-state index in [0.29, 0.717) is 6.04 Å². The molecule has 4 heteroatoms. The average molecular weight is 274 g/mol. The summed E-state index contributed by atoms with van der Waals surface area (Å²) in [5, 5.41) is 0. The summed E-state index contributed by atoms with van der Waals surface area (Å²) in [5.41, 5.74) is 1.17. The third kappa shape index (κ3) is 2.66. The number of rotatable bonds is 2. The van der Waals surface area contributed by atoms with Gasteiger partial charge in [-0.2, -0.15) is 0 Å². The molecule has 3 heterocycles. The molecule has 2 aliphatic rings. The van der Waals surface area contributed by atoms with E-state index in [1.165, 1.54) is 38.0 Å². The predicted molar refractivity (Wildman–Crippen MR) is 82.1 cm³/mol. The van der Waals surface area contributed by atoms with Crippen molar-refractivity contribution >= 4 is 5.82 Å². The molecule has 1 aromatic rings. The number of piperidine rings is 2. The molecule has 2 unspecified atom stereocenters. The normalized spacial score (nSPS) is 27.4. The molecule has 0 bridgehead atoms. The predicted octanol–water partition coefficient (Wildman–Crippen LogP) is 2.27. The molecule has 0 saturated carbocycles. The van der Waals surface area contributed by atoms with Crippen molar-refractivity contribution in [1.29, 1.82) is 0 Å². The molecule has 3 rings (SSSR count). The number of aromatic nitrogens is 2. The Morgan fingerprint density at radius 3 is 2.90 bits per heavy atom. The maximum atomic E-state index is 4.72. The van der Waals surface area contributed by atoms with Crippen LogP contribution in [0.25, 0.3) is 0 Å². The lowest BCUT2D eigenvalue weighted by Crippen LogP contribution is -2.53. The van der Waals surface area contributed by atoms with E-state index in [1.807, 2.05) is 6.92 Å². The number of hydrogen-bond acceptors (Lipinski definition) is 4. The van der Waals surface area contributed by atoms with Crippen LogP contribution in [-0.4, -0.2) is 47.6 Å². The number of fused-ring (bicyclic) bond motifs is 1. The lowest BCUT2D eigenvalue weighted by Gasteiger charge is -2.47. The van der Waals surface area contributed by atoms with Gasteiger partial charge in [0, 0.05) is 30.9 Å². The van der Waals surface area contributed by atoms with Gasteiger partial charge in [0.1, 0.15) is 11.6 Å². The molecule has 0 spiro atoms. The standard InChI is InChI=1S/C16H26N4/c1-4-14-10-16(18-12(2)17-14)20-8-5-6-13-11-19(3)9-7-15(13)20/h10,13,15H,4-9,11H2,1-3H3. The molecule has 110 valence electrons. The van der Waals surface area contributed by atoms with E-state index in [-0.39, 0.29) is 0 Å². The van der Waals surface area contributed by atoms with E-state index in [0.717, 1.165) is 30.5 Å². The Labute approximate surface area is 122 Å². The maximum absolute atomic E-state index is 4.72. The molecule has 0 N–H and O–H groups in total. The Bertz CT molecular complexity index is 474. The Morgan fingerprint density at radius 2 is 2.10 bits per heavy atom. The summed E-state index contributed by atoms with van der Waals surface area (Å²) < 4.78 is 0. The van der Waals surface area contributed by atoms with Crippen LogP contribution in [0.15, 0.2) is 6.07 Å². The van der Waals surface area contributed by atoms with Gasteiger partial charge in [-0.1, -0.05) is 6.92 Å².